The highest BCUT2D eigenvalue weighted by Gasteiger charge is 2.14. The average molecular weight is 335 g/mol. The molecule has 0 aliphatic carbocycles. The standard InChI is InChI=1S/C19H21N5O/c1-15(11-21-17-8-3-2-4-9-17)23-19(25)18-10-6-5-7-16(18)12-24-14-20-13-22-24/h2-10,13-15,21H,11-12H2,1H3,(H,23,25)/t15-/m1/s1. The summed E-state index contributed by atoms with van der Waals surface area (Å²) in [6.07, 6.45) is 3.13. The van der Waals surface area contributed by atoms with Gasteiger partial charge in [0.05, 0.1) is 6.54 Å². The number of aromatic nitrogens is 3. The molecule has 1 amide bonds. The fraction of sp³-hybridized carbons (Fsp3) is 0.211. The molecule has 0 saturated heterocycles. The van der Waals surface area contributed by atoms with Crippen LogP contribution in [-0.4, -0.2) is 33.3 Å². The molecule has 25 heavy (non-hydrogen) atoms. The van der Waals surface area contributed by atoms with E-state index in [9.17, 15) is 4.79 Å². The number of carbonyl (C=O) groups excluding carboxylic acids is 1. The molecule has 6 heteroatoms. The summed E-state index contributed by atoms with van der Waals surface area (Å²) in [6, 6.07) is 17.5. The lowest BCUT2D eigenvalue weighted by Gasteiger charge is -2.17. The lowest BCUT2D eigenvalue weighted by molar-refractivity contribution is 0.0941. The van der Waals surface area contributed by atoms with Crippen molar-refractivity contribution in [2.45, 2.75) is 19.5 Å². The summed E-state index contributed by atoms with van der Waals surface area (Å²) in [4.78, 5) is 16.6. The molecule has 6 nitrogen and oxygen atoms in total. The largest absolute Gasteiger partial charge is 0.383 e. The Kier molecular flexibility index (Phi) is 5.41. The second-order valence-corrected chi connectivity index (χ2v) is 5.87. The van der Waals surface area contributed by atoms with Gasteiger partial charge in [-0.2, -0.15) is 5.10 Å². The zero-order valence-corrected chi connectivity index (χ0v) is 14.1. The van der Waals surface area contributed by atoms with Crippen molar-refractivity contribution in [1.82, 2.24) is 20.1 Å². The fourth-order valence-corrected chi connectivity index (χ4v) is 2.55. The van der Waals surface area contributed by atoms with E-state index in [1.54, 1.807) is 11.0 Å². The van der Waals surface area contributed by atoms with Gasteiger partial charge in [0.15, 0.2) is 0 Å². The van der Waals surface area contributed by atoms with Crippen molar-refractivity contribution in [3.8, 4) is 0 Å². The van der Waals surface area contributed by atoms with Crippen molar-refractivity contribution in [3.63, 3.8) is 0 Å². The highest BCUT2D eigenvalue weighted by molar-refractivity contribution is 5.95. The average Bonchev–Trinajstić information content (AvgIpc) is 3.14. The molecule has 0 unspecified atom stereocenters. The molecule has 0 aliphatic heterocycles. The summed E-state index contributed by atoms with van der Waals surface area (Å²) in [5.74, 6) is -0.0851. The summed E-state index contributed by atoms with van der Waals surface area (Å²) >= 11 is 0. The SMILES string of the molecule is C[C@H](CNc1ccccc1)NC(=O)c1ccccc1Cn1cncn1. The number of hydrogen-bond acceptors (Lipinski definition) is 4. The Morgan fingerprint density at radius 2 is 1.88 bits per heavy atom. The van der Waals surface area contributed by atoms with Gasteiger partial charge in [0.2, 0.25) is 0 Å². The number of nitrogens with zero attached hydrogens (tertiary/aromatic N) is 3. The van der Waals surface area contributed by atoms with E-state index in [1.165, 1.54) is 6.33 Å². The quantitative estimate of drug-likeness (QED) is 0.696. The van der Waals surface area contributed by atoms with Gasteiger partial charge in [0.25, 0.3) is 5.91 Å². The molecule has 2 N–H and O–H groups in total. The van der Waals surface area contributed by atoms with E-state index < -0.39 is 0 Å². The summed E-state index contributed by atoms with van der Waals surface area (Å²) in [5.41, 5.74) is 2.61. The Morgan fingerprint density at radius 3 is 2.64 bits per heavy atom. The summed E-state index contributed by atoms with van der Waals surface area (Å²) in [6.45, 7) is 3.15. The molecule has 128 valence electrons. The lowest BCUT2D eigenvalue weighted by Crippen LogP contribution is -2.37. The predicted octanol–water partition coefficient (Wildman–Crippen LogP) is 2.56. The van der Waals surface area contributed by atoms with E-state index in [1.807, 2.05) is 61.5 Å². The highest BCUT2D eigenvalue weighted by Crippen LogP contribution is 2.11. The van der Waals surface area contributed by atoms with Gasteiger partial charge in [-0.3, -0.25) is 4.79 Å². The third-order valence-corrected chi connectivity index (χ3v) is 3.82. The van der Waals surface area contributed by atoms with Crippen LogP contribution in [0.5, 0.6) is 0 Å². The number of nitrogens with one attached hydrogen (secondary N) is 2. The van der Waals surface area contributed by atoms with Crippen LogP contribution in [0.2, 0.25) is 0 Å². The number of benzene rings is 2. The molecule has 3 aromatic rings. The maximum Gasteiger partial charge on any atom is 0.251 e. The zero-order chi connectivity index (χ0) is 17.5. The van der Waals surface area contributed by atoms with Gasteiger partial charge in [0.1, 0.15) is 12.7 Å². The number of amides is 1. The molecule has 0 bridgehead atoms. The molecule has 1 atom stereocenters. The second-order valence-electron chi connectivity index (χ2n) is 5.87. The third-order valence-electron chi connectivity index (χ3n) is 3.82. The molecule has 0 fully saturated rings. The van der Waals surface area contributed by atoms with Gasteiger partial charge in [-0.1, -0.05) is 36.4 Å². The van der Waals surface area contributed by atoms with Crippen LogP contribution in [0.25, 0.3) is 0 Å². The summed E-state index contributed by atoms with van der Waals surface area (Å²) in [7, 11) is 0. The van der Waals surface area contributed by atoms with Crippen LogP contribution in [0, 0.1) is 0 Å². The van der Waals surface area contributed by atoms with Crippen molar-refractivity contribution >= 4 is 11.6 Å². The maximum atomic E-state index is 12.6. The van der Waals surface area contributed by atoms with Crippen LogP contribution >= 0.6 is 0 Å². The molecule has 3 rings (SSSR count). The number of carbonyl (C=O) groups is 1. The number of anilines is 1. The minimum absolute atomic E-state index is 0.00728. The van der Waals surface area contributed by atoms with Gasteiger partial charge in [-0.25, -0.2) is 9.67 Å². The van der Waals surface area contributed by atoms with Crippen molar-refractivity contribution in [2.24, 2.45) is 0 Å². The molecule has 0 radical (unpaired) electrons. The molecule has 1 heterocycles. The monoisotopic (exact) mass is 335 g/mol. The van der Waals surface area contributed by atoms with Crippen LogP contribution in [0.1, 0.15) is 22.8 Å². The van der Waals surface area contributed by atoms with Crippen LogP contribution in [0.15, 0.2) is 67.3 Å². The van der Waals surface area contributed by atoms with Crippen LogP contribution in [0.3, 0.4) is 0 Å². The van der Waals surface area contributed by atoms with E-state index in [0.29, 0.717) is 18.7 Å². The lowest BCUT2D eigenvalue weighted by atomic mass is 10.1. The Hall–Kier alpha value is -3.15. The van der Waals surface area contributed by atoms with Crippen molar-refractivity contribution in [3.05, 3.63) is 78.4 Å². The summed E-state index contributed by atoms with van der Waals surface area (Å²) in [5, 5.41) is 10.5. The highest BCUT2D eigenvalue weighted by atomic mass is 16.1. The minimum atomic E-state index is -0.0851. The molecule has 2 aromatic carbocycles. The second kappa shape index (κ2) is 8.10. The van der Waals surface area contributed by atoms with Crippen LogP contribution < -0.4 is 10.6 Å². The van der Waals surface area contributed by atoms with E-state index in [0.717, 1.165) is 11.3 Å². The smallest absolute Gasteiger partial charge is 0.251 e. The first kappa shape index (κ1) is 16.7. The van der Waals surface area contributed by atoms with Gasteiger partial charge in [-0.05, 0) is 30.7 Å². The predicted molar refractivity (Wildman–Crippen MR) is 97.4 cm³/mol. The molecular weight excluding hydrogens is 314 g/mol. The van der Waals surface area contributed by atoms with Crippen molar-refractivity contribution in [1.29, 1.82) is 0 Å². The zero-order valence-electron chi connectivity index (χ0n) is 14.1. The first-order valence-electron chi connectivity index (χ1n) is 8.22. The topological polar surface area (TPSA) is 71.8 Å². The van der Waals surface area contributed by atoms with Crippen molar-refractivity contribution in [2.75, 3.05) is 11.9 Å². The third kappa shape index (κ3) is 4.67. The Morgan fingerprint density at radius 1 is 1.12 bits per heavy atom. The maximum absolute atomic E-state index is 12.6. The fourth-order valence-electron chi connectivity index (χ4n) is 2.55. The van der Waals surface area contributed by atoms with Crippen LogP contribution in [0.4, 0.5) is 5.69 Å². The Bertz CT molecular complexity index is 802. The molecule has 0 spiro atoms. The first-order chi connectivity index (χ1) is 12.2. The summed E-state index contributed by atoms with van der Waals surface area (Å²) < 4.78 is 1.70. The normalized spacial score (nSPS) is 11.7. The number of para-hydroxylation sites is 1. The first-order valence-corrected chi connectivity index (χ1v) is 8.22. The Balaban J connectivity index is 1.61. The molecule has 0 aliphatic rings. The van der Waals surface area contributed by atoms with Crippen molar-refractivity contribution < 1.29 is 4.79 Å². The van der Waals surface area contributed by atoms with E-state index in [-0.39, 0.29) is 11.9 Å². The molecule has 1 aromatic heterocycles. The number of hydrogen-bond donors (Lipinski definition) is 2. The van der Waals surface area contributed by atoms with Gasteiger partial charge < -0.3 is 10.6 Å². The van der Waals surface area contributed by atoms with Gasteiger partial charge in [-0.15, -0.1) is 0 Å². The Labute approximate surface area is 146 Å². The molecule has 0 saturated carbocycles. The van der Waals surface area contributed by atoms with Gasteiger partial charge in [0, 0.05) is 23.8 Å². The van der Waals surface area contributed by atoms with Gasteiger partial charge >= 0.3 is 0 Å². The minimum Gasteiger partial charge on any atom is -0.383 e. The van der Waals surface area contributed by atoms with Crippen LogP contribution in [-0.2, 0) is 6.54 Å². The number of rotatable bonds is 7. The molecular formula is C19H21N5O. The van der Waals surface area contributed by atoms with E-state index >= 15 is 0 Å². The van der Waals surface area contributed by atoms with E-state index in [2.05, 4.69) is 20.7 Å². The van der Waals surface area contributed by atoms with E-state index in [4.69, 9.17) is 0 Å².